The lowest BCUT2D eigenvalue weighted by atomic mass is 10.4. The summed E-state index contributed by atoms with van der Waals surface area (Å²) in [5, 5.41) is 8.98. The molecule has 0 unspecified atom stereocenters. The van der Waals surface area contributed by atoms with Crippen LogP contribution in [0, 0.1) is 0 Å². The van der Waals surface area contributed by atoms with Crippen molar-refractivity contribution in [1.29, 1.82) is 0 Å². The normalized spacial score (nSPS) is 14.1. The first-order valence-corrected chi connectivity index (χ1v) is 4.27. The fourth-order valence-electron chi connectivity index (χ4n) is 1.08. The van der Waals surface area contributed by atoms with E-state index in [-0.39, 0.29) is 5.75 Å². The Bertz CT molecular complexity index is 334. The van der Waals surface area contributed by atoms with Crippen molar-refractivity contribution in [2.24, 2.45) is 0 Å². The lowest BCUT2D eigenvalue weighted by Crippen LogP contribution is -1.92. The summed E-state index contributed by atoms with van der Waals surface area (Å²) in [7, 11) is 0. The first-order chi connectivity index (χ1) is 6.25. The maximum Gasteiger partial charge on any atom is 0.218 e. The van der Waals surface area contributed by atoms with E-state index in [1.807, 2.05) is 6.92 Å². The molecule has 2 rings (SSSR count). The lowest BCUT2D eigenvalue weighted by Gasteiger charge is -2.03. The minimum Gasteiger partial charge on any atom is -0.506 e. The molecule has 0 atom stereocenters. The molecule has 1 saturated carbocycles. The van der Waals surface area contributed by atoms with E-state index >= 15 is 0 Å². The first kappa shape index (κ1) is 8.10. The first-order valence-electron chi connectivity index (χ1n) is 4.27. The molecule has 0 bridgehead atoms. The van der Waals surface area contributed by atoms with Crippen LogP contribution in [0.3, 0.4) is 0 Å². The number of ether oxygens (including phenoxy) is 1. The van der Waals surface area contributed by atoms with Gasteiger partial charge in [-0.15, -0.1) is 0 Å². The van der Waals surface area contributed by atoms with Gasteiger partial charge in [0, 0.05) is 6.07 Å². The Labute approximate surface area is 76.7 Å². The Kier molecular flexibility index (Phi) is 1.93. The third kappa shape index (κ3) is 1.99. The van der Waals surface area contributed by atoms with Gasteiger partial charge in [0.2, 0.25) is 5.88 Å². The van der Waals surface area contributed by atoms with Crippen LogP contribution in [0.4, 0.5) is 0 Å². The third-order valence-corrected chi connectivity index (χ3v) is 1.98. The zero-order chi connectivity index (χ0) is 9.26. The molecule has 0 radical (unpaired) electrons. The summed E-state index contributed by atoms with van der Waals surface area (Å²) in [6.45, 7) is 1.94. The summed E-state index contributed by atoms with van der Waals surface area (Å²) in [6, 6.07) is 3.22. The lowest BCUT2D eigenvalue weighted by molar-refractivity contribution is 0.404. The zero-order valence-electron chi connectivity index (χ0n) is 7.45. The van der Waals surface area contributed by atoms with Crippen molar-refractivity contribution >= 4 is 0 Å². The van der Waals surface area contributed by atoms with Crippen LogP contribution in [-0.2, 0) is 0 Å². The largest absolute Gasteiger partial charge is 0.506 e. The zero-order valence-corrected chi connectivity index (χ0v) is 7.45. The molecule has 1 aliphatic carbocycles. The highest BCUT2D eigenvalue weighted by atomic mass is 16.5. The summed E-state index contributed by atoms with van der Waals surface area (Å²) in [6.07, 6.45) is 3.66. The molecule has 0 aliphatic heterocycles. The maximum absolute atomic E-state index is 8.98. The Morgan fingerprint density at radius 1 is 1.46 bits per heavy atom. The van der Waals surface area contributed by atoms with Crippen molar-refractivity contribution in [2.75, 3.05) is 0 Å². The molecule has 1 heterocycles. The van der Waals surface area contributed by atoms with Crippen LogP contribution in [0.15, 0.2) is 29.7 Å². The molecule has 1 fully saturated rings. The SMILES string of the molecule is CC(Oc1ccc(O)cn1)=C1CC1. The number of pyridine rings is 1. The molecule has 0 aromatic carbocycles. The fraction of sp³-hybridized carbons (Fsp3) is 0.300. The summed E-state index contributed by atoms with van der Waals surface area (Å²) in [4.78, 5) is 3.92. The van der Waals surface area contributed by atoms with E-state index in [0.29, 0.717) is 5.88 Å². The van der Waals surface area contributed by atoms with Crippen molar-refractivity contribution in [1.82, 2.24) is 4.98 Å². The molecule has 0 amide bonds. The van der Waals surface area contributed by atoms with Crippen molar-refractivity contribution in [3.8, 4) is 11.6 Å². The van der Waals surface area contributed by atoms with E-state index in [4.69, 9.17) is 9.84 Å². The molecule has 0 saturated heterocycles. The average molecular weight is 177 g/mol. The monoisotopic (exact) mass is 177 g/mol. The van der Waals surface area contributed by atoms with Gasteiger partial charge in [0.25, 0.3) is 0 Å². The number of hydrogen-bond donors (Lipinski definition) is 1. The summed E-state index contributed by atoms with van der Waals surface area (Å²) < 4.78 is 5.45. The maximum atomic E-state index is 8.98. The molecular weight excluding hydrogens is 166 g/mol. The molecule has 1 aromatic rings. The number of aromatic hydroxyl groups is 1. The summed E-state index contributed by atoms with van der Waals surface area (Å²) in [5.74, 6) is 1.64. The number of nitrogens with zero attached hydrogens (tertiary/aromatic N) is 1. The van der Waals surface area contributed by atoms with E-state index in [0.717, 1.165) is 18.6 Å². The molecule has 1 aromatic heterocycles. The van der Waals surface area contributed by atoms with Gasteiger partial charge in [0.05, 0.1) is 6.20 Å². The van der Waals surface area contributed by atoms with Gasteiger partial charge in [-0.25, -0.2) is 4.98 Å². The molecular formula is C10H11NO2. The quantitative estimate of drug-likeness (QED) is 0.704. The topological polar surface area (TPSA) is 42.4 Å². The molecule has 1 N–H and O–H groups in total. The molecule has 13 heavy (non-hydrogen) atoms. The van der Waals surface area contributed by atoms with Crippen LogP contribution in [0.25, 0.3) is 0 Å². The second kappa shape index (κ2) is 3.09. The number of hydrogen-bond acceptors (Lipinski definition) is 3. The number of rotatable bonds is 2. The second-order valence-corrected chi connectivity index (χ2v) is 3.12. The van der Waals surface area contributed by atoms with Gasteiger partial charge in [0.15, 0.2) is 0 Å². The predicted octanol–water partition coefficient (Wildman–Crippen LogP) is 2.23. The van der Waals surface area contributed by atoms with Gasteiger partial charge in [-0.3, -0.25) is 0 Å². The van der Waals surface area contributed by atoms with Crippen molar-refractivity contribution in [3.63, 3.8) is 0 Å². The predicted molar refractivity (Wildman–Crippen MR) is 48.5 cm³/mol. The summed E-state index contributed by atoms with van der Waals surface area (Å²) >= 11 is 0. The molecule has 3 heteroatoms. The van der Waals surface area contributed by atoms with Crippen molar-refractivity contribution in [3.05, 3.63) is 29.7 Å². The van der Waals surface area contributed by atoms with Gasteiger partial charge < -0.3 is 9.84 Å². The van der Waals surface area contributed by atoms with E-state index in [2.05, 4.69) is 4.98 Å². The minimum atomic E-state index is 0.157. The van der Waals surface area contributed by atoms with Gasteiger partial charge >= 0.3 is 0 Å². The van der Waals surface area contributed by atoms with Crippen molar-refractivity contribution < 1.29 is 9.84 Å². The van der Waals surface area contributed by atoms with Crippen LogP contribution in [0.2, 0.25) is 0 Å². The highest BCUT2D eigenvalue weighted by Crippen LogP contribution is 2.32. The fourth-order valence-corrected chi connectivity index (χ4v) is 1.08. The standard InChI is InChI=1S/C10H11NO2/c1-7(8-2-3-8)13-10-5-4-9(12)6-11-10/h4-6,12H,2-3H2,1H3. The Balaban J connectivity index is 2.10. The summed E-state index contributed by atoms with van der Waals surface area (Å²) in [5.41, 5.74) is 1.36. The van der Waals surface area contributed by atoms with Crippen molar-refractivity contribution in [2.45, 2.75) is 19.8 Å². The van der Waals surface area contributed by atoms with E-state index in [9.17, 15) is 0 Å². The Hall–Kier alpha value is -1.51. The Morgan fingerprint density at radius 3 is 2.77 bits per heavy atom. The highest BCUT2D eigenvalue weighted by Gasteiger charge is 2.16. The van der Waals surface area contributed by atoms with Gasteiger partial charge in [-0.2, -0.15) is 0 Å². The van der Waals surface area contributed by atoms with Crippen LogP contribution in [-0.4, -0.2) is 10.1 Å². The van der Waals surface area contributed by atoms with Gasteiger partial charge in [-0.05, 0) is 31.4 Å². The van der Waals surface area contributed by atoms with Crippen LogP contribution >= 0.6 is 0 Å². The highest BCUT2D eigenvalue weighted by molar-refractivity contribution is 5.26. The van der Waals surface area contributed by atoms with E-state index in [1.54, 1.807) is 12.1 Å². The molecule has 0 spiro atoms. The van der Waals surface area contributed by atoms with Gasteiger partial charge in [0.1, 0.15) is 11.5 Å². The number of aromatic nitrogens is 1. The van der Waals surface area contributed by atoms with E-state index in [1.165, 1.54) is 11.8 Å². The number of allylic oxidation sites excluding steroid dienone is 2. The Morgan fingerprint density at radius 2 is 2.23 bits per heavy atom. The van der Waals surface area contributed by atoms with Gasteiger partial charge in [-0.1, -0.05) is 0 Å². The molecule has 1 aliphatic rings. The smallest absolute Gasteiger partial charge is 0.218 e. The van der Waals surface area contributed by atoms with Crippen LogP contribution in [0.5, 0.6) is 11.6 Å². The van der Waals surface area contributed by atoms with E-state index < -0.39 is 0 Å². The van der Waals surface area contributed by atoms with Crippen LogP contribution in [0.1, 0.15) is 19.8 Å². The second-order valence-electron chi connectivity index (χ2n) is 3.12. The molecule has 3 nitrogen and oxygen atoms in total. The molecule has 68 valence electrons. The average Bonchev–Trinajstić information content (AvgIpc) is 2.91. The van der Waals surface area contributed by atoms with Crippen LogP contribution < -0.4 is 4.74 Å². The minimum absolute atomic E-state index is 0.157. The third-order valence-electron chi connectivity index (χ3n) is 1.98.